The molecule has 6 heteroatoms. The van der Waals surface area contributed by atoms with E-state index in [9.17, 15) is 18.0 Å². The summed E-state index contributed by atoms with van der Waals surface area (Å²) in [5, 5.41) is 3.40. The van der Waals surface area contributed by atoms with E-state index in [0.717, 1.165) is 36.3 Å². The first kappa shape index (κ1) is 18.0. The average Bonchev–Trinajstić information content (AvgIpc) is 3.22. The van der Waals surface area contributed by atoms with Crippen molar-refractivity contribution >= 4 is 5.91 Å². The van der Waals surface area contributed by atoms with Crippen molar-refractivity contribution < 1.29 is 18.0 Å². The Bertz CT molecular complexity index is 847. The molecule has 0 spiro atoms. The summed E-state index contributed by atoms with van der Waals surface area (Å²) in [6.45, 7) is 4.37. The van der Waals surface area contributed by atoms with Crippen LogP contribution in [0.3, 0.4) is 0 Å². The highest BCUT2D eigenvalue weighted by atomic mass is 19.4. The lowest BCUT2D eigenvalue weighted by atomic mass is 9.87. The summed E-state index contributed by atoms with van der Waals surface area (Å²) in [6, 6.07) is 12.5. The van der Waals surface area contributed by atoms with Gasteiger partial charge in [0.05, 0.1) is 11.6 Å². The highest BCUT2D eigenvalue weighted by molar-refractivity contribution is 5.94. The predicted octanol–water partition coefficient (Wildman–Crippen LogP) is 4.05. The third kappa shape index (κ3) is 3.23. The largest absolute Gasteiger partial charge is 0.416 e. The summed E-state index contributed by atoms with van der Waals surface area (Å²) < 4.78 is 38.4. The molecule has 1 amide bonds. The fourth-order valence-electron chi connectivity index (χ4n) is 4.41. The van der Waals surface area contributed by atoms with Crippen LogP contribution in [-0.2, 0) is 6.18 Å². The van der Waals surface area contributed by atoms with Gasteiger partial charge in [-0.3, -0.25) is 4.79 Å². The summed E-state index contributed by atoms with van der Waals surface area (Å²) in [5.41, 5.74) is 1.81. The van der Waals surface area contributed by atoms with Crippen molar-refractivity contribution in [1.82, 2.24) is 10.2 Å². The molecule has 1 N–H and O–H groups in total. The van der Waals surface area contributed by atoms with Crippen LogP contribution in [0.25, 0.3) is 0 Å². The Morgan fingerprint density at radius 2 is 1.78 bits per heavy atom. The van der Waals surface area contributed by atoms with Crippen molar-refractivity contribution in [3.05, 3.63) is 70.8 Å². The Labute approximate surface area is 156 Å². The van der Waals surface area contributed by atoms with Gasteiger partial charge in [0.2, 0.25) is 0 Å². The predicted molar refractivity (Wildman–Crippen MR) is 96.3 cm³/mol. The number of halogens is 3. The van der Waals surface area contributed by atoms with Gasteiger partial charge in [-0.2, -0.15) is 13.2 Å². The van der Waals surface area contributed by atoms with Gasteiger partial charge in [0.25, 0.3) is 5.91 Å². The summed E-state index contributed by atoms with van der Waals surface area (Å²) >= 11 is 0. The average molecular weight is 374 g/mol. The minimum Gasteiger partial charge on any atom is -0.331 e. The number of carbonyl (C=O) groups is 1. The maximum Gasteiger partial charge on any atom is 0.416 e. The number of nitrogens with zero attached hydrogens (tertiary/aromatic N) is 1. The number of rotatable bonds is 2. The van der Waals surface area contributed by atoms with Gasteiger partial charge >= 0.3 is 6.18 Å². The molecule has 0 radical (unpaired) electrons. The maximum absolute atomic E-state index is 13.2. The standard InChI is InChI=1S/C21H21F3N2O/c1-13-4-2-3-5-17(13)19-18-11-25-10-15(18)12-26(19)20(27)14-6-8-16(9-7-14)21(22,23)24/h2-9,15,18-19,25H,10-12H2,1H3/t15-,18-,19-/m0/s1. The Hall–Kier alpha value is -2.34. The molecule has 2 fully saturated rings. The van der Waals surface area contributed by atoms with Gasteiger partial charge in [0, 0.05) is 31.1 Å². The van der Waals surface area contributed by atoms with Gasteiger partial charge in [-0.1, -0.05) is 24.3 Å². The molecule has 4 rings (SSSR count). The van der Waals surface area contributed by atoms with E-state index in [-0.39, 0.29) is 11.9 Å². The first-order valence-electron chi connectivity index (χ1n) is 9.11. The molecule has 2 aliphatic rings. The molecule has 3 atom stereocenters. The fraction of sp³-hybridized carbons (Fsp3) is 0.381. The zero-order chi connectivity index (χ0) is 19.2. The number of hydrogen-bond donors (Lipinski definition) is 1. The zero-order valence-corrected chi connectivity index (χ0v) is 15.0. The molecule has 27 heavy (non-hydrogen) atoms. The number of likely N-dealkylation sites (tertiary alicyclic amines) is 1. The van der Waals surface area contributed by atoms with Gasteiger partial charge in [0.15, 0.2) is 0 Å². The molecule has 2 aliphatic heterocycles. The number of hydrogen-bond acceptors (Lipinski definition) is 2. The number of benzene rings is 2. The van der Waals surface area contributed by atoms with E-state index in [1.807, 2.05) is 36.1 Å². The first-order valence-corrected chi connectivity index (χ1v) is 9.11. The highest BCUT2D eigenvalue weighted by Gasteiger charge is 2.47. The molecule has 0 aromatic heterocycles. The quantitative estimate of drug-likeness (QED) is 0.860. The zero-order valence-electron chi connectivity index (χ0n) is 15.0. The Kier molecular flexibility index (Phi) is 4.46. The van der Waals surface area contributed by atoms with E-state index in [1.54, 1.807) is 0 Å². The molecule has 3 nitrogen and oxygen atoms in total. The molecule has 2 saturated heterocycles. The van der Waals surface area contributed by atoms with E-state index in [2.05, 4.69) is 5.32 Å². The van der Waals surface area contributed by atoms with Crippen LogP contribution in [0.2, 0.25) is 0 Å². The van der Waals surface area contributed by atoms with Crippen LogP contribution < -0.4 is 5.32 Å². The minimum atomic E-state index is -4.40. The van der Waals surface area contributed by atoms with Crippen molar-refractivity contribution in [3.63, 3.8) is 0 Å². The van der Waals surface area contributed by atoms with Gasteiger partial charge in [0.1, 0.15) is 0 Å². The van der Waals surface area contributed by atoms with E-state index in [0.29, 0.717) is 23.9 Å². The van der Waals surface area contributed by atoms with Gasteiger partial charge < -0.3 is 10.2 Å². The van der Waals surface area contributed by atoms with E-state index in [1.165, 1.54) is 12.1 Å². The van der Waals surface area contributed by atoms with Gasteiger partial charge in [-0.15, -0.1) is 0 Å². The Morgan fingerprint density at radius 3 is 2.44 bits per heavy atom. The van der Waals surface area contributed by atoms with Crippen LogP contribution in [0, 0.1) is 18.8 Å². The second-order valence-corrected chi connectivity index (χ2v) is 7.42. The number of alkyl halides is 3. The molecular formula is C21H21F3N2O. The Morgan fingerprint density at radius 1 is 1.07 bits per heavy atom. The summed E-state index contributed by atoms with van der Waals surface area (Å²) in [6.07, 6.45) is -4.40. The monoisotopic (exact) mass is 374 g/mol. The molecular weight excluding hydrogens is 353 g/mol. The van der Waals surface area contributed by atoms with Crippen LogP contribution >= 0.6 is 0 Å². The Balaban J connectivity index is 1.67. The number of aryl methyl sites for hydroxylation is 1. The second-order valence-electron chi connectivity index (χ2n) is 7.42. The van der Waals surface area contributed by atoms with Crippen molar-refractivity contribution in [2.75, 3.05) is 19.6 Å². The molecule has 142 valence electrons. The fourth-order valence-corrected chi connectivity index (χ4v) is 4.41. The van der Waals surface area contributed by atoms with Crippen LogP contribution in [-0.4, -0.2) is 30.4 Å². The molecule has 2 heterocycles. The molecule has 2 aromatic carbocycles. The molecule has 0 aliphatic carbocycles. The normalized spacial score (nSPS) is 24.9. The topological polar surface area (TPSA) is 32.3 Å². The number of carbonyl (C=O) groups excluding carboxylic acids is 1. The molecule has 0 bridgehead atoms. The molecule has 0 unspecified atom stereocenters. The van der Waals surface area contributed by atoms with Gasteiger partial charge in [-0.25, -0.2) is 0 Å². The lowest BCUT2D eigenvalue weighted by Crippen LogP contribution is -2.35. The SMILES string of the molecule is Cc1ccccc1[C@H]1[C@H]2CNC[C@H]2CN1C(=O)c1ccc(C(F)(F)F)cc1. The van der Waals surface area contributed by atoms with Crippen LogP contribution in [0.4, 0.5) is 13.2 Å². The second kappa shape index (κ2) is 6.68. The van der Waals surface area contributed by atoms with Crippen molar-refractivity contribution in [2.45, 2.75) is 19.1 Å². The minimum absolute atomic E-state index is 0.0546. The van der Waals surface area contributed by atoms with E-state index < -0.39 is 11.7 Å². The third-order valence-corrected chi connectivity index (χ3v) is 5.79. The summed E-state index contributed by atoms with van der Waals surface area (Å²) in [7, 11) is 0. The number of fused-ring (bicyclic) bond motifs is 1. The van der Waals surface area contributed by atoms with Crippen molar-refractivity contribution in [3.8, 4) is 0 Å². The van der Waals surface area contributed by atoms with Gasteiger partial charge in [-0.05, 0) is 48.2 Å². The van der Waals surface area contributed by atoms with Crippen LogP contribution in [0.15, 0.2) is 48.5 Å². The maximum atomic E-state index is 13.2. The summed E-state index contributed by atoms with van der Waals surface area (Å²) in [4.78, 5) is 15.0. The van der Waals surface area contributed by atoms with Crippen LogP contribution in [0.1, 0.15) is 33.1 Å². The van der Waals surface area contributed by atoms with E-state index in [4.69, 9.17) is 0 Å². The van der Waals surface area contributed by atoms with E-state index >= 15 is 0 Å². The number of nitrogens with one attached hydrogen (secondary N) is 1. The number of amides is 1. The van der Waals surface area contributed by atoms with Crippen molar-refractivity contribution in [1.29, 1.82) is 0 Å². The highest BCUT2D eigenvalue weighted by Crippen LogP contribution is 2.44. The lowest BCUT2D eigenvalue weighted by Gasteiger charge is -2.29. The van der Waals surface area contributed by atoms with Crippen molar-refractivity contribution in [2.24, 2.45) is 11.8 Å². The smallest absolute Gasteiger partial charge is 0.331 e. The summed E-state index contributed by atoms with van der Waals surface area (Å²) in [5.74, 6) is 0.490. The first-order chi connectivity index (χ1) is 12.9. The molecule has 0 saturated carbocycles. The third-order valence-electron chi connectivity index (χ3n) is 5.79. The lowest BCUT2D eigenvalue weighted by molar-refractivity contribution is -0.137. The molecule has 2 aromatic rings. The van der Waals surface area contributed by atoms with Crippen LogP contribution in [0.5, 0.6) is 0 Å².